The van der Waals surface area contributed by atoms with Gasteiger partial charge in [-0.05, 0) is 46.7 Å². The fourth-order valence-corrected chi connectivity index (χ4v) is 4.30. The summed E-state index contributed by atoms with van der Waals surface area (Å²) in [6.07, 6.45) is -0.416. The van der Waals surface area contributed by atoms with Crippen LogP contribution in [0.2, 0.25) is 0 Å². The number of amides is 2. The largest absolute Gasteiger partial charge is 0.449 e. The number of anilines is 1. The maximum atomic E-state index is 14.0. The number of rotatable bonds is 7. The molecule has 0 saturated carbocycles. The van der Waals surface area contributed by atoms with Crippen molar-refractivity contribution in [2.45, 2.75) is 32.2 Å². The van der Waals surface area contributed by atoms with Crippen LogP contribution in [0.25, 0.3) is 11.1 Å². The Bertz CT molecular complexity index is 1170. The molecule has 1 aliphatic rings. The highest BCUT2D eigenvalue weighted by atomic mass is 19.1. The van der Waals surface area contributed by atoms with Gasteiger partial charge in [0.1, 0.15) is 24.3 Å². The minimum absolute atomic E-state index is 0.0719. The van der Waals surface area contributed by atoms with Gasteiger partial charge in [0, 0.05) is 12.0 Å². The van der Waals surface area contributed by atoms with Crippen molar-refractivity contribution in [1.82, 2.24) is 5.32 Å². The van der Waals surface area contributed by atoms with E-state index in [1.165, 1.54) is 0 Å². The first kappa shape index (κ1) is 23.4. The molecule has 0 spiro atoms. The zero-order valence-corrected chi connectivity index (χ0v) is 19.0. The molecular formula is C27H26F2N2O3. The molecule has 2 N–H and O–H groups in total. The predicted molar refractivity (Wildman–Crippen MR) is 126 cm³/mol. The molecule has 3 aromatic carbocycles. The molecule has 0 bridgehead atoms. The Kier molecular flexibility index (Phi) is 6.91. The van der Waals surface area contributed by atoms with E-state index in [0.717, 1.165) is 34.4 Å². The van der Waals surface area contributed by atoms with E-state index in [4.69, 9.17) is 4.74 Å². The van der Waals surface area contributed by atoms with E-state index in [1.54, 1.807) is 0 Å². The summed E-state index contributed by atoms with van der Waals surface area (Å²) in [6.45, 7) is 3.92. The average molecular weight is 465 g/mol. The number of nitrogens with one attached hydrogen (secondary N) is 2. The van der Waals surface area contributed by atoms with Crippen molar-refractivity contribution in [3.8, 4) is 11.1 Å². The summed E-state index contributed by atoms with van der Waals surface area (Å²) in [5, 5.41) is 5.02. The lowest BCUT2D eigenvalue weighted by molar-refractivity contribution is -0.118. The summed E-state index contributed by atoms with van der Waals surface area (Å²) in [4.78, 5) is 25.4. The lowest BCUT2D eigenvalue weighted by atomic mass is 9.98. The Morgan fingerprint density at radius 3 is 2.15 bits per heavy atom. The van der Waals surface area contributed by atoms with Crippen molar-refractivity contribution < 1.29 is 23.1 Å². The number of carbonyl (C=O) groups excluding carboxylic acids is 2. The van der Waals surface area contributed by atoms with E-state index in [0.29, 0.717) is 12.5 Å². The fraction of sp³-hybridized carbons (Fsp3) is 0.259. The third kappa shape index (κ3) is 5.09. The van der Waals surface area contributed by atoms with Crippen LogP contribution in [0.3, 0.4) is 0 Å². The molecule has 0 fully saturated rings. The van der Waals surface area contributed by atoms with Crippen LogP contribution in [-0.2, 0) is 9.53 Å². The van der Waals surface area contributed by atoms with Gasteiger partial charge in [-0.25, -0.2) is 13.6 Å². The van der Waals surface area contributed by atoms with E-state index in [-0.39, 0.29) is 24.1 Å². The second kappa shape index (κ2) is 10.0. The van der Waals surface area contributed by atoms with Gasteiger partial charge in [-0.3, -0.25) is 4.79 Å². The number of carbonyl (C=O) groups is 2. The van der Waals surface area contributed by atoms with Gasteiger partial charge in [0.25, 0.3) is 0 Å². The van der Waals surface area contributed by atoms with E-state index >= 15 is 0 Å². The second-order valence-electron chi connectivity index (χ2n) is 8.77. The minimum atomic E-state index is -0.944. The quantitative estimate of drug-likeness (QED) is 0.461. The Labute approximate surface area is 197 Å². The molecule has 4 rings (SSSR count). The molecule has 0 aromatic heterocycles. The molecule has 0 radical (unpaired) electrons. The van der Waals surface area contributed by atoms with Crippen LogP contribution in [-0.4, -0.2) is 24.6 Å². The summed E-state index contributed by atoms with van der Waals surface area (Å²) in [6, 6.07) is 17.9. The predicted octanol–water partition coefficient (Wildman–Crippen LogP) is 5.86. The van der Waals surface area contributed by atoms with E-state index in [1.807, 2.05) is 62.4 Å². The van der Waals surface area contributed by atoms with Crippen LogP contribution in [0, 0.1) is 17.6 Å². The molecule has 2 amide bonds. The van der Waals surface area contributed by atoms with Gasteiger partial charge in [-0.2, -0.15) is 0 Å². The molecule has 5 nitrogen and oxygen atoms in total. The molecule has 34 heavy (non-hydrogen) atoms. The number of fused-ring (bicyclic) bond motifs is 3. The molecule has 0 aliphatic heterocycles. The number of hydrogen-bond acceptors (Lipinski definition) is 3. The van der Waals surface area contributed by atoms with Crippen molar-refractivity contribution in [2.24, 2.45) is 5.92 Å². The number of benzene rings is 3. The van der Waals surface area contributed by atoms with E-state index < -0.39 is 29.7 Å². The van der Waals surface area contributed by atoms with Gasteiger partial charge in [0.2, 0.25) is 5.91 Å². The molecular weight excluding hydrogens is 438 g/mol. The third-order valence-electron chi connectivity index (χ3n) is 5.85. The fourth-order valence-electron chi connectivity index (χ4n) is 4.30. The SMILES string of the molecule is CC(C)CC(NC(=O)OCC1c2ccccc2-c2ccccc21)C(=O)Nc1ccc(F)cc1F. The molecule has 176 valence electrons. The van der Waals surface area contributed by atoms with Gasteiger partial charge in [0.05, 0.1) is 5.69 Å². The van der Waals surface area contributed by atoms with Crippen molar-refractivity contribution in [1.29, 1.82) is 0 Å². The second-order valence-corrected chi connectivity index (χ2v) is 8.77. The van der Waals surface area contributed by atoms with Gasteiger partial charge in [-0.1, -0.05) is 62.4 Å². The van der Waals surface area contributed by atoms with E-state index in [2.05, 4.69) is 10.6 Å². The van der Waals surface area contributed by atoms with Crippen LogP contribution in [0.1, 0.15) is 37.3 Å². The molecule has 0 saturated heterocycles. The van der Waals surface area contributed by atoms with Crippen molar-refractivity contribution in [3.63, 3.8) is 0 Å². The highest BCUT2D eigenvalue weighted by Crippen LogP contribution is 2.44. The van der Waals surface area contributed by atoms with E-state index in [9.17, 15) is 18.4 Å². The lowest BCUT2D eigenvalue weighted by Crippen LogP contribution is -2.45. The minimum Gasteiger partial charge on any atom is -0.449 e. The van der Waals surface area contributed by atoms with Crippen LogP contribution in [0.5, 0.6) is 0 Å². The Morgan fingerprint density at radius 2 is 1.56 bits per heavy atom. The number of ether oxygens (including phenoxy) is 1. The maximum Gasteiger partial charge on any atom is 0.407 e. The number of halogens is 2. The summed E-state index contributed by atoms with van der Waals surface area (Å²) in [7, 11) is 0. The summed E-state index contributed by atoms with van der Waals surface area (Å²) in [5.41, 5.74) is 4.24. The Morgan fingerprint density at radius 1 is 0.941 bits per heavy atom. The van der Waals surface area contributed by atoms with Crippen molar-refractivity contribution in [2.75, 3.05) is 11.9 Å². The Balaban J connectivity index is 1.43. The molecule has 1 unspecified atom stereocenters. The van der Waals surface area contributed by atoms with Gasteiger partial charge < -0.3 is 15.4 Å². The summed E-state index contributed by atoms with van der Waals surface area (Å²) < 4.78 is 32.7. The smallest absolute Gasteiger partial charge is 0.407 e. The molecule has 1 aliphatic carbocycles. The van der Waals surface area contributed by atoms with Gasteiger partial charge in [0.15, 0.2) is 0 Å². The molecule has 1 atom stereocenters. The van der Waals surface area contributed by atoms with Crippen molar-refractivity contribution >= 4 is 17.7 Å². The first-order valence-corrected chi connectivity index (χ1v) is 11.2. The zero-order valence-electron chi connectivity index (χ0n) is 19.0. The standard InChI is InChI=1S/C27H26F2N2O3/c1-16(2)13-25(26(32)30-24-12-11-17(28)14-23(24)29)31-27(33)34-15-22-20-9-5-3-7-18(20)19-8-4-6-10-21(19)22/h3-12,14,16,22,25H,13,15H2,1-2H3,(H,30,32)(H,31,33). The first-order chi connectivity index (χ1) is 16.3. The highest BCUT2D eigenvalue weighted by molar-refractivity contribution is 5.96. The number of hydrogen-bond donors (Lipinski definition) is 2. The highest BCUT2D eigenvalue weighted by Gasteiger charge is 2.30. The van der Waals surface area contributed by atoms with Gasteiger partial charge in [-0.15, -0.1) is 0 Å². The maximum absolute atomic E-state index is 14.0. The third-order valence-corrected chi connectivity index (χ3v) is 5.85. The van der Waals surface area contributed by atoms with Crippen LogP contribution in [0.15, 0.2) is 66.7 Å². The lowest BCUT2D eigenvalue weighted by Gasteiger charge is -2.21. The molecule has 0 heterocycles. The topological polar surface area (TPSA) is 67.4 Å². The monoisotopic (exact) mass is 464 g/mol. The zero-order chi connectivity index (χ0) is 24.2. The summed E-state index contributed by atoms with van der Waals surface area (Å²) >= 11 is 0. The molecule has 3 aromatic rings. The van der Waals surface area contributed by atoms with Crippen LogP contribution >= 0.6 is 0 Å². The van der Waals surface area contributed by atoms with Crippen LogP contribution < -0.4 is 10.6 Å². The van der Waals surface area contributed by atoms with Crippen LogP contribution in [0.4, 0.5) is 19.3 Å². The molecule has 7 heteroatoms. The normalized spacial score (nSPS) is 13.2. The number of alkyl carbamates (subject to hydrolysis) is 1. The average Bonchev–Trinajstić information content (AvgIpc) is 3.12. The first-order valence-electron chi connectivity index (χ1n) is 11.2. The van der Waals surface area contributed by atoms with Gasteiger partial charge >= 0.3 is 6.09 Å². The summed E-state index contributed by atoms with van der Waals surface area (Å²) in [5.74, 6) is -2.27. The van der Waals surface area contributed by atoms with Crippen molar-refractivity contribution in [3.05, 3.63) is 89.5 Å². The Hall–Kier alpha value is -3.74.